The van der Waals surface area contributed by atoms with Crippen LogP contribution < -0.4 is 5.32 Å². The summed E-state index contributed by atoms with van der Waals surface area (Å²) in [6.07, 6.45) is 2.11. The number of piperazine rings is 1. The predicted molar refractivity (Wildman–Crippen MR) is 91.7 cm³/mol. The quantitative estimate of drug-likeness (QED) is 0.918. The van der Waals surface area contributed by atoms with Gasteiger partial charge in [0, 0.05) is 56.3 Å². The number of nitrogens with one attached hydrogen (secondary N) is 1. The number of rotatable bonds is 3. The molecule has 3 fully saturated rings. The predicted octanol–water partition coefficient (Wildman–Crippen LogP) is 1.95. The third-order valence-corrected chi connectivity index (χ3v) is 5.76. The van der Waals surface area contributed by atoms with E-state index in [0.717, 1.165) is 57.1 Å². The number of benzene rings is 1. The van der Waals surface area contributed by atoms with Gasteiger partial charge in [0.25, 0.3) is 0 Å². The maximum absolute atomic E-state index is 12.8. The van der Waals surface area contributed by atoms with Gasteiger partial charge in [-0.2, -0.15) is 0 Å². The number of hydrogen-bond acceptors (Lipinski definition) is 3. The Morgan fingerprint density at radius 1 is 1.22 bits per heavy atom. The van der Waals surface area contributed by atoms with Gasteiger partial charge in [-0.25, -0.2) is 0 Å². The molecule has 1 N–H and O–H groups in total. The summed E-state index contributed by atoms with van der Waals surface area (Å²) >= 11 is 6.07. The highest BCUT2D eigenvalue weighted by molar-refractivity contribution is 6.30. The number of carbonyl (C=O) groups excluding carboxylic acids is 1. The monoisotopic (exact) mass is 333 g/mol. The molecule has 1 aliphatic carbocycles. The second kappa shape index (κ2) is 6.42. The van der Waals surface area contributed by atoms with Gasteiger partial charge in [0.1, 0.15) is 0 Å². The molecule has 3 atom stereocenters. The van der Waals surface area contributed by atoms with Gasteiger partial charge < -0.3 is 10.2 Å². The lowest BCUT2D eigenvalue weighted by Crippen LogP contribution is -2.49. The van der Waals surface area contributed by atoms with E-state index in [0.29, 0.717) is 17.9 Å². The zero-order valence-electron chi connectivity index (χ0n) is 13.4. The fourth-order valence-corrected chi connectivity index (χ4v) is 4.29. The summed E-state index contributed by atoms with van der Waals surface area (Å²) in [4.78, 5) is 17.4. The number of halogens is 1. The van der Waals surface area contributed by atoms with Gasteiger partial charge in [0.2, 0.25) is 5.91 Å². The van der Waals surface area contributed by atoms with Crippen LogP contribution in [0.15, 0.2) is 24.3 Å². The van der Waals surface area contributed by atoms with Gasteiger partial charge in [-0.1, -0.05) is 23.7 Å². The number of hydrogen-bond donors (Lipinski definition) is 1. The van der Waals surface area contributed by atoms with Crippen LogP contribution in [0.2, 0.25) is 5.02 Å². The minimum Gasteiger partial charge on any atom is -0.341 e. The van der Waals surface area contributed by atoms with Crippen molar-refractivity contribution < 1.29 is 4.79 Å². The molecule has 0 spiro atoms. The Bertz CT molecular complexity index is 587. The molecule has 4 rings (SSSR count). The van der Waals surface area contributed by atoms with Crippen LogP contribution in [-0.2, 0) is 4.79 Å². The summed E-state index contributed by atoms with van der Waals surface area (Å²) in [6, 6.07) is 8.53. The largest absolute Gasteiger partial charge is 0.341 e. The smallest absolute Gasteiger partial charge is 0.226 e. The first-order valence-corrected chi connectivity index (χ1v) is 9.09. The molecule has 2 saturated heterocycles. The molecule has 23 heavy (non-hydrogen) atoms. The highest BCUT2D eigenvalue weighted by Crippen LogP contribution is 2.49. The van der Waals surface area contributed by atoms with E-state index in [-0.39, 0.29) is 5.92 Å². The summed E-state index contributed by atoms with van der Waals surface area (Å²) in [5.41, 5.74) is 1.22. The van der Waals surface area contributed by atoms with Crippen LogP contribution in [0.4, 0.5) is 0 Å². The lowest BCUT2D eigenvalue weighted by molar-refractivity contribution is -0.131. The Balaban J connectivity index is 1.34. The summed E-state index contributed by atoms with van der Waals surface area (Å²) in [5.74, 6) is 0.905. The molecule has 124 valence electrons. The highest BCUT2D eigenvalue weighted by atomic mass is 35.5. The molecule has 4 nitrogen and oxygen atoms in total. The van der Waals surface area contributed by atoms with E-state index in [1.54, 1.807) is 0 Å². The lowest BCUT2D eigenvalue weighted by Gasteiger charge is -2.32. The number of nitrogens with zero attached hydrogens (tertiary/aromatic N) is 2. The highest BCUT2D eigenvalue weighted by Gasteiger charge is 2.47. The van der Waals surface area contributed by atoms with Gasteiger partial charge in [0.15, 0.2) is 0 Å². The average Bonchev–Trinajstić information content (AvgIpc) is 3.23. The molecule has 0 radical (unpaired) electrons. The fraction of sp³-hybridized carbons (Fsp3) is 0.611. The van der Waals surface area contributed by atoms with E-state index < -0.39 is 0 Å². The molecule has 5 heteroatoms. The van der Waals surface area contributed by atoms with Crippen molar-refractivity contribution in [3.05, 3.63) is 34.9 Å². The zero-order valence-corrected chi connectivity index (χ0v) is 14.1. The minimum atomic E-state index is 0.176. The topological polar surface area (TPSA) is 35.6 Å². The Morgan fingerprint density at radius 3 is 2.83 bits per heavy atom. The molecule has 1 saturated carbocycles. The van der Waals surface area contributed by atoms with Crippen molar-refractivity contribution in [3.63, 3.8) is 0 Å². The SMILES string of the molecule is O=C(C1CC1c1cccc(Cl)c1)N1CCC(N2CCNCC2)C1. The summed E-state index contributed by atoms with van der Waals surface area (Å²) in [5, 5.41) is 4.16. The van der Waals surface area contributed by atoms with Crippen LogP contribution in [0, 0.1) is 5.92 Å². The van der Waals surface area contributed by atoms with E-state index >= 15 is 0 Å². The minimum absolute atomic E-state index is 0.176. The standard InChI is InChI=1S/C18H24ClN3O/c19-14-3-1-2-13(10-14)16-11-17(16)18(23)22-7-4-15(12-22)21-8-5-20-6-9-21/h1-3,10,15-17,20H,4-9,11-12H2. The van der Waals surface area contributed by atoms with Crippen molar-refractivity contribution in [2.75, 3.05) is 39.3 Å². The van der Waals surface area contributed by atoms with Crippen LogP contribution in [0.3, 0.4) is 0 Å². The molecule has 3 aliphatic rings. The van der Waals surface area contributed by atoms with Crippen LogP contribution in [-0.4, -0.2) is 61.0 Å². The molecular formula is C18H24ClN3O. The first-order valence-electron chi connectivity index (χ1n) is 8.71. The molecule has 0 aromatic heterocycles. The summed E-state index contributed by atoms with van der Waals surface area (Å²) in [7, 11) is 0. The number of carbonyl (C=O) groups is 1. The maximum Gasteiger partial charge on any atom is 0.226 e. The Kier molecular flexibility index (Phi) is 4.31. The second-order valence-corrected chi connectivity index (χ2v) is 7.45. The third kappa shape index (κ3) is 3.25. The van der Waals surface area contributed by atoms with Crippen molar-refractivity contribution in [2.45, 2.75) is 24.8 Å². The van der Waals surface area contributed by atoms with Crippen LogP contribution in [0.1, 0.15) is 24.3 Å². The Hall–Kier alpha value is -1.10. The second-order valence-electron chi connectivity index (χ2n) is 7.02. The van der Waals surface area contributed by atoms with Gasteiger partial charge in [-0.05, 0) is 36.5 Å². The van der Waals surface area contributed by atoms with Gasteiger partial charge >= 0.3 is 0 Å². The average molecular weight is 334 g/mol. The van der Waals surface area contributed by atoms with Crippen molar-refractivity contribution in [2.24, 2.45) is 5.92 Å². The molecule has 2 heterocycles. The van der Waals surface area contributed by atoms with Crippen molar-refractivity contribution in [3.8, 4) is 0 Å². The maximum atomic E-state index is 12.8. The Labute approximate surface area is 142 Å². The van der Waals surface area contributed by atoms with Crippen LogP contribution >= 0.6 is 11.6 Å². The molecule has 1 amide bonds. The van der Waals surface area contributed by atoms with Crippen LogP contribution in [0.5, 0.6) is 0 Å². The van der Waals surface area contributed by atoms with E-state index in [4.69, 9.17) is 11.6 Å². The van der Waals surface area contributed by atoms with E-state index in [1.165, 1.54) is 5.56 Å². The van der Waals surface area contributed by atoms with Crippen molar-refractivity contribution in [1.29, 1.82) is 0 Å². The summed E-state index contributed by atoms with van der Waals surface area (Å²) in [6.45, 7) is 6.21. The molecule has 1 aromatic carbocycles. The van der Waals surface area contributed by atoms with Crippen molar-refractivity contribution in [1.82, 2.24) is 15.1 Å². The third-order valence-electron chi connectivity index (χ3n) is 5.53. The molecule has 2 aliphatic heterocycles. The first-order chi connectivity index (χ1) is 11.2. The van der Waals surface area contributed by atoms with Gasteiger partial charge in [-0.3, -0.25) is 9.69 Å². The molecule has 3 unspecified atom stereocenters. The Morgan fingerprint density at radius 2 is 2.04 bits per heavy atom. The summed E-state index contributed by atoms with van der Waals surface area (Å²) < 4.78 is 0. The van der Waals surface area contributed by atoms with E-state index in [2.05, 4.69) is 21.2 Å². The van der Waals surface area contributed by atoms with Crippen molar-refractivity contribution >= 4 is 17.5 Å². The zero-order chi connectivity index (χ0) is 15.8. The normalized spacial score (nSPS) is 31.3. The fourth-order valence-electron chi connectivity index (χ4n) is 4.10. The number of amides is 1. The number of likely N-dealkylation sites (tertiary alicyclic amines) is 1. The molecule has 1 aromatic rings. The molecule has 0 bridgehead atoms. The first kappa shape index (κ1) is 15.4. The lowest BCUT2D eigenvalue weighted by atomic mass is 10.1. The molecular weight excluding hydrogens is 310 g/mol. The van der Waals surface area contributed by atoms with Crippen LogP contribution in [0.25, 0.3) is 0 Å². The van der Waals surface area contributed by atoms with E-state index in [9.17, 15) is 4.79 Å². The van der Waals surface area contributed by atoms with Gasteiger partial charge in [-0.15, -0.1) is 0 Å². The van der Waals surface area contributed by atoms with E-state index in [1.807, 2.05) is 18.2 Å². The van der Waals surface area contributed by atoms with Gasteiger partial charge in [0.05, 0.1) is 0 Å².